The van der Waals surface area contributed by atoms with Gasteiger partial charge in [0, 0.05) is 88.1 Å². The predicted octanol–water partition coefficient (Wildman–Crippen LogP) is 11.1. The van der Waals surface area contributed by atoms with Crippen LogP contribution >= 0.6 is 23.2 Å². The van der Waals surface area contributed by atoms with Gasteiger partial charge >= 0.3 is 0 Å². The number of rotatable bonds is 11. The van der Waals surface area contributed by atoms with Crippen molar-refractivity contribution < 1.29 is 23.5 Å². The molecule has 0 radical (unpaired) electrons. The van der Waals surface area contributed by atoms with Crippen molar-refractivity contribution in [2.75, 3.05) is 0 Å². The number of nitrogens with one attached hydrogen (secondary N) is 2. The van der Waals surface area contributed by atoms with E-state index in [4.69, 9.17) is 37.7 Å². The molecular formula is C47H35Cl2FN6O4. The number of fused-ring (bicyclic) bond motifs is 2. The second-order valence-electron chi connectivity index (χ2n) is 14.0. The van der Waals surface area contributed by atoms with Gasteiger partial charge in [-0.3, -0.25) is 19.6 Å². The third-order valence-corrected chi connectivity index (χ3v) is 10.5. The molecule has 4 heterocycles. The molecular weight excluding hydrogens is 802 g/mol. The van der Waals surface area contributed by atoms with Crippen LogP contribution in [0.3, 0.4) is 0 Å². The summed E-state index contributed by atoms with van der Waals surface area (Å²) >= 11 is 13.0. The van der Waals surface area contributed by atoms with Crippen LogP contribution in [-0.4, -0.2) is 31.8 Å². The molecule has 0 aliphatic carbocycles. The highest BCUT2D eigenvalue weighted by Gasteiger charge is 2.20. The van der Waals surface area contributed by atoms with Crippen LogP contribution in [0.25, 0.3) is 33.1 Å². The van der Waals surface area contributed by atoms with Gasteiger partial charge in [-0.15, -0.1) is 0 Å². The van der Waals surface area contributed by atoms with Crippen molar-refractivity contribution in [3.05, 3.63) is 177 Å². The summed E-state index contributed by atoms with van der Waals surface area (Å²) in [6.07, 6.45) is 4.91. The zero-order valence-corrected chi connectivity index (χ0v) is 34.0. The fourth-order valence-electron chi connectivity index (χ4n) is 6.82. The van der Waals surface area contributed by atoms with Crippen LogP contribution in [0.15, 0.2) is 122 Å². The number of pyridine rings is 4. The van der Waals surface area contributed by atoms with Crippen LogP contribution < -0.4 is 20.1 Å². The molecule has 0 aliphatic rings. The molecule has 0 saturated carbocycles. The Labute approximate surface area is 354 Å². The van der Waals surface area contributed by atoms with E-state index in [0.29, 0.717) is 95.0 Å². The van der Waals surface area contributed by atoms with E-state index in [1.165, 1.54) is 12.1 Å². The second-order valence-corrected chi connectivity index (χ2v) is 14.8. The van der Waals surface area contributed by atoms with Crippen LogP contribution in [0.4, 0.5) is 4.39 Å². The first kappa shape index (κ1) is 39.9. The molecule has 0 spiro atoms. The summed E-state index contributed by atoms with van der Waals surface area (Å²) in [5.41, 5.74) is 6.52. The van der Waals surface area contributed by atoms with E-state index in [2.05, 4.69) is 25.6 Å². The molecule has 0 aliphatic heterocycles. The van der Waals surface area contributed by atoms with Crippen molar-refractivity contribution in [2.45, 2.75) is 33.9 Å². The van der Waals surface area contributed by atoms with Gasteiger partial charge in [0.1, 0.15) is 34.0 Å². The van der Waals surface area contributed by atoms with Gasteiger partial charge in [0.2, 0.25) is 0 Å². The van der Waals surface area contributed by atoms with Gasteiger partial charge < -0.3 is 20.1 Å². The Hall–Kier alpha value is -6.95. The van der Waals surface area contributed by atoms with E-state index >= 15 is 0 Å². The van der Waals surface area contributed by atoms with Gasteiger partial charge in [-0.1, -0.05) is 35.3 Å². The molecule has 0 bridgehead atoms. The van der Waals surface area contributed by atoms with Crippen LogP contribution in [0.2, 0.25) is 10.2 Å². The minimum Gasteiger partial charge on any atom is -0.456 e. The normalized spacial score (nSPS) is 11.1. The van der Waals surface area contributed by atoms with Crippen molar-refractivity contribution in [3.63, 3.8) is 0 Å². The van der Waals surface area contributed by atoms with Gasteiger partial charge in [0.15, 0.2) is 0 Å². The maximum atomic E-state index is 14.7. The lowest BCUT2D eigenvalue weighted by molar-refractivity contribution is 0.0942. The van der Waals surface area contributed by atoms with Gasteiger partial charge in [0.05, 0.1) is 21.7 Å². The number of nitrogens with zero attached hydrogens (tertiary/aromatic N) is 4. The number of hydrogen-bond acceptors (Lipinski definition) is 8. The van der Waals surface area contributed by atoms with Crippen molar-refractivity contribution in [3.8, 4) is 34.3 Å². The summed E-state index contributed by atoms with van der Waals surface area (Å²) in [5.74, 6) is 0.707. The number of ether oxygens (including phenoxy) is 2. The minimum absolute atomic E-state index is 0.241. The van der Waals surface area contributed by atoms with Crippen LogP contribution in [0.5, 0.6) is 23.0 Å². The molecule has 13 heteroatoms. The Bertz CT molecular complexity index is 2980. The first-order valence-corrected chi connectivity index (χ1v) is 19.6. The van der Waals surface area contributed by atoms with Gasteiger partial charge in [0.25, 0.3) is 11.8 Å². The fourth-order valence-corrected chi connectivity index (χ4v) is 7.27. The standard InChI is InChI=1S/C47H35Cl2FN6O4/c1-26-18-29(12-15-51-26)24-54-46(57)32-6-4-8-41(27(32)2)59-43-14-17-52-38-22-37(48)35(21-36(38)43)40-23-44(34-11-10-31(50)20-39(34)56-40)60-42-9-5-7-33(28(42)3)47(58)55-25-30-13-16-53-45(49)19-30/h4-23H,24-25H2,1-3H3,(H,54,57)(H,55,58). The van der Waals surface area contributed by atoms with E-state index in [0.717, 1.165) is 16.8 Å². The zero-order chi connectivity index (χ0) is 41.9. The summed E-state index contributed by atoms with van der Waals surface area (Å²) < 4.78 is 27.8. The predicted molar refractivity (Wildman–Crippen MR) is 231 cm³/mol. The first-order chi connectivity index (χ1) is 29.0. The van der Waals surface area contributed by atoms with Crippen molar-refractivity contribution in [2.24, 2.45) is 0 Å². The zero-order valence-electron chi connectivity index (χ0n) is 32.5. The quantitative estimate of drug-likeness (QED) is 0.123. The summed E-state index contributed by atoms with van der Waals surface area (Å²) in [5, 5.41) is 7.74. The lowest BCUT2D eigenvalue weighted by atomic mass is 10.0. The van der Waals surface area contributed by atoms with E-state index < -0.39 is 5.82 Å². The Morgan fingerprint density at radius 3 is 1.92 bits per heavy atom. The molecule has 0 atom stereocenters. The molecule has 8 aromatic rings. The Balaban J connectivity index is 1.11. The number of amides is 2. The highest BCUT2D eigenvalue weighted by molar-refractivity contribution is 6.34. The molecule has 4 aromatic carbocycles. The lowest BCUT2D eigenvalue weighted by Gasteiger charge is -2.16. The number of carbonyl (C=O) groups is 2. The number of benzene rings is 4. The molecule has 0 saturated heterocycles. The number of halogens is 3. The molecule has 4 aromatic heterocycles. The highest BCUT2D eigenvalue weighted by atomic mass is 35.5. The molecule has 2 N–H and O–H groups in total. The van der Waals surface area contributed by atoms with Crippen molar-refractivity contribution in [1.82, 2.24) is 30.6 Å². The Morgan fingerprint density at radius 2 is 1.25 bits per heavy atom. The van der Waals surface area contributed by atoms with E-state index in [9.17, 15) is 14.0 Å². The third kappa shape index (κ3) is 8.58. The number of aryl methyl sites for hydroxylation is 1. The van der Waals surface area contributed by atoms with Crippen LogP contribution in [0.1, 0.15) is 48.7 Å². The minimum atomic E-state index is -0.480. The Kier molecular flexibility index (Phi) is 11.4. The average molecular weight is 838 g/mol. The van der Waals surface area contributed by atoms with Crippen molar-refractivity contribution in [1.29, 1.82) is 0 Å². The summed E-state index contributed by atoms with van der Waals surface area (Å²) in [4.78, 5) is 44.2. The van der Waals surface area contributed by atoms with Gasteiger partial charge in [-0.2, -0.15) is 0 Å². The molecule has 2 amide bonds. The smallest absolute Gasteiger partial charge is 0.251 e. The number of carbonyl (C=O) groups excluding carboxylic acids is 2. The molecule has 0 unspecified atom stereocenters. The maximum Gasteiger partial charge on any atom is 0.251 e. The molecule has 10 nitrogen and oxygen atoms in total. The monoisotopic (exact) mass is 836 g/mol. The van der Waals surface area contributed by atoms with Crippen LogP contribution in [0, 0.1) is 26.6 Å². The Morgan fingerprint density at radius 1 is 0.617 bits per heavy atom. The third-order valence-electron chi connectivity index (χ3n) is 9.96. The summed E-state index contributed by atoms with van der Waals surface area (Å²) in [7, 11) is 0. The average Bonchev–Trinajstić information content (AvgIpc) is 3.23. The summed E-state index contributed by atoms with van der Waals surface area (Å²) in [6.45, 7) is 6.12. The van der Waals surface area contributed by atoms with Gasteiger partial charge in [-0.25, -0.2) is 14.4 Å². The second kappa shape index (κ2) is 17.1. The van der Waals surface area contributed by atoms with E-state index in [-0.39, 0.29) is 18.4 Å². The summed E-state index contributed by atoms with van der Waals surface area (Å²) in [6, 6.07) is 29.0. The van der Waals surface area contributed by atoms with E-state index in [1.54, 1.807) is 98.3 Å². The molecule has 8 rings (SSSR count). The largest absolute Gasteiger partial charge is 0.456 e. The fraction of sp³-hybridized carbons (Fsp3) is 0.106. The number of hydrogen-bond donors (Lipinski definition) is 2. The SMILES string of the molecule is Cc1cc(CNC(=O)c2cccc(Oc3ccnc4cc(Cl)c(-c5cc(Oc6cccc(C(=O)NCc7ccnc(Cl)c7)c6C)c6ccc(F)cc6n5)cc34)c2C)ccn1. The van der Waals surface area contributed by atoms with Gasteiger partial charge in [-0.05, 0) is 111 Å². The molecule has 60 heavy (non-hydrogen) atoms. The highest BCUT2D eigenvalue weighted by Crippen LogP contribution is 2.40. The number of aromatic nitrogens is 4. The van der Waals surface area contributed by atoms with E-state index in [1.807, 2.05) is 32.0 Å². The first-order valence-electron chi connectivity index (χ1n) is 18.8. The van der Waals surface area contributed by atoms with Crippen molar-refractivity contribution >= 4 is 56.8 Å². The maximum absolute atomic E-state index is 14.7. The van der Waals surface area contributed by atoms with Crippen LogP contribution in [-0.2, 0) is 13.1 Å². The lowest BCUT2D eigenvalue weighted by Crippen LogP contribution is -2.23. The molecule has 298 valence electrons. The topological polar surface area (TPSA) is 128 Å². The molecule has 0 fully saturated rings.